The summed E-state index contributed by atoms with van der Waals surface area (Å²) in [5.41, 5.74) is 3.09. The average Bonchev–Trinajstić information content (AvgIpc) is 3.84. The minimum Gasteiger partial charge on any atom is -0.345 e. The van der Waals surface area contributed by atoms with Gasteiger partial charge in [0.05, 0.1) is 6.04 Å². The van der Waals surface area contributed by atoms with Gasteiger partial charge in [-0.3, -0.25) is 19.4 Å². The van der Waals surface area contributed by atoms with E-state index in [0.717, 1.165) is 32.0 Å². The third-order valence-corrected chi connectivity index (χ3v) is 11.4. The van der Waals surface area contributed by atoms with E-state index >= 15 is 0 Å². The number of thiazole rings is 3. The molecule has 3 aromatic heterocycles. The van der Waals surface area contributed by atoms with Crippen LogP contribution in [0.1, 0.15) is 49.5 Å². The smallest absolute Gasteiger partial charge is 0.246 e. The summed E-state index contributed by atoms with van der Waals surface area (Å²) in [5.74, 6) is -0.772. The minimum absolute atomic E-state index is 0.150. The number of benzene rings is 1. The molecule has 3 N–H and O–H groups in total. The Kier molecular flexibility index (Phi) is 9.21. The van der Waals surface area contributed by atoms with Gasteiger partial charge in [-0.15, -0.1) is 45.8 Å². The molecular formula is C30H31N7O3S4. The topological polar surface area (TPSA) is 138 Å². The van der Waals surface area contributed by atoms with Crippen molar-refractivity contribution in [3.05, 3.63) is 62.7 Å². The maximum Gasteiger partial charge on any atom is 0.246 e. The molecule has 3 amide bonds. The molecule has 10 nitrogen and oxygen atoms in total. The second kappa shape index (κ2) is 13.3. The van der Waals surface area contributed by atoms with Crippen molar-refractivity contribution in [3.63, 3.8) is 0 Å². The molecule has 8 bridgehead atoms. The van der Waals surface area contributed by atoms with E-state index in [4.69, 9.17) is 15.0 Å². The molecule has 0 unspecified atom stereocenters. The lowest BCUT2D eigenvalue weighted by atomic mass is 9.96. The number of thioether (sulfide) groups is 1. The molecule has 6 rings (SSSR count). The van der Waals surface area contributed by atoms with Crippen LogP contribution in [0.15, 0.2) is 51.5 Å². The molecule has 0 saturated carbocycles. The molecule has 0 saturated heterocycles. The minimum atomic E-state index is -0.897. The first-order chi connectivity index (χ1) is 21.3. The van der Waals surface area contributed by atoms with Crippen molar-refractivity contribution in [2.75, 3.05) is 5.75 Å². The third-order valence-electron chi connectivity index (χ3n) is 7.58. The summed E-state index contributed by atoms with van der Waals surface area (Å²) in [7, 11) is 0. The third kappa shape index (κ3) is 6.63. The Bertz CT molecular complexity index is 1700. The lowest BCUT2D eigenvalue weighted by molar-refractivity contribution is -0.133. The molecule has 0 radical (unpaired) electrons. The van der Waals surface area contributed by atoms with Gasteiger partial charge in [-0.05, 0) is 18.4 Å². The van der Waals surface area contributed by atoms with Crippen LogP contribution in [-0.2, 0) is 20.8 Å². The molecule has 2 aliphatic heterocycles. The van der Waals surface area contributed by atoms with Gasteiger partial charge in [-0.25, -0.2) is 15.0 Å². The Morgan fingerprint density at radius 1 is 0.841 bits per heavy atom. The van der Waals surface area contributed by atoms with Crippen molar-refractivity contribution in [3.8, 4) is 21.4 Å². The van der Waals surface area contributed by atoms with E-state index in [9.17, 15) is 14.4 Å². The van der Waals surface area contributed by atoms with Crippen LogP contribution in [0.25, 0.3) is 21.4 Å². The van der Waals surface area contributed by atoms with Crippen molar-refractivity contribution in [1.82, 2.24) is 30.9 Å². The van der Waals surface area contributed by atoms with Crippen LogP contribution in [0, 0.1) is 5.92 Å². The Morgan fingerprint density at radius 2 is 1.52 bits per heavy atom. The number of fused-ring (bicyclic) bond motifs is 10. The largest absolute Gasteiger partial charge is 0.345 e. The first-order valence-corrected chi connectivity index (χ1v) is 17.9. The molecule has 1 aromatic carbocycles. The quantitative estimate of drug-likeness (QED) is 0.287. The average molecular weight is 666 g/mol. The summed E-state index contributed by atoms with van der Waals surface area (Å²) in [5, 5.41) is 17.7. The van der Waals surface area contributed by atoms with Gasteiger partial charge >= 0.3 is 0 Å². The highest BCUT2D eigenvalue weighted by Crippen LogP contribution is 2.34. The van der Waals surface area contributed by atoms with Crippen LogP contribution >= 0.6 is 45.8 Å². The number of carbonyl (C=O) groups is 3. The fourth-order valence-electron chi connectivity index (χ4n) is 4.86. The Hall–Kier alpha value is -3.46. The second-order valence-corrected chi connectivity index (χ2v) is 14.4. The normalized spacial score (nSPS) is 23.2. The van der Waals surface area contributed by atoms with Gasteiger partial charge in [0, 0.05) is 28.3 Å². The van der Waals surface area contributed by atoms with Crippen molar-refractivity contribution in [2.24, 2.45) is 10.9 Å². The summed E-state index contributed by atoms with van der Waals surface area (Å²) < 4.78 is 0. The fourth-order valence-corrected chi connectivity index (χ4v) is 8.42. The van der Waals surface area contributed by atoms with Crippen LogP contribution in [-0.4, -0.2) is 61.6 Å². The Labute approximate surface area is 271 Å². The zero-order chi connectivity index (χ0) is 30.8. The molecule has 5 atom stereocenters. The van der Waals surface area contributed by atoms with Crippen LogP contribution in [0.5, 0.6) is 0 Å². The van der Waals surface area contributed by atoms with E-state index in [0.29, 0.717) is 22.9 Å². The number of aromatic nitrogens is 3. The van der Waals surface area contributed by atoms with Crippen molar-refractivity contribution >= 4 is 68.5 Å². The number of amides is 3. The highest BCUT2D eigenvalue weighted by molar-refractivity contribution is 8.14. The fraction of sp³-hybridized carbons (Fsp3) is 0.367. The molecule has 0 aliphatic carbocycles. The Balaban J connectivity index is 1.36. The molecule has 228 valence electrons. The van der Waals surface area contributed by atoms with Gasteiger partial charge in [0.15, 0.2) is 0 Å². The van der Waals surface area contributed by atoms with Crippen LogP contribution < -0.4 is 16.0 Å². The highest BCUT2D eigenvalue weighted by atomic mass is 32.2. The first-order valence-electron chi connectivity index (χ1n) is 14.3. The number of rotatable bonds is 4. The predicted molar refractivity (Wildman–Crippen MR) is 177 cm³/mol. The summed E-state index contributed by atoms with van der Waals surface area (Å²) in [6, 6.07) is 6.76. The van der Waals surface area contributed by atoms with E-state index in [1.165, 1.54) is 45.8 Å². The van der Waals surface area contributed by atoms with Gasteiger partial charge in [-0.2, -0.15) is 0 Å². The summed E-state index contributed by atoms with van der Waals surface area (Å²) >= 11 is 5.88. The van der Waals surface area contributed by atoms with Gasteiger partial charge in [0.1, 0.15) is 55.3 Å². The number of aliphatic imine (C=N–C) groups is 1. The zero-order valence-electron chi connectivity index (χ0n) is 24.3. The summed E-state index contributed by atoms with van der Waals surface area (Å²) in [6.45, 7) is 5.78. The SMILES string of the molecule is CC[C@H](C)[C@@H]1NC(=O)[C@@H](Cc2ccccc2)NC(=O)[C@@H]2CSC(=N2)c2csc(n2)-c2csc(n2)-c2csc(n2)[C@@H](C)NC1=O. The molecule has 2 aliphatic rings. The van der Waals surface area contributed by atoms with Crippen molar-refractivity contribution < 1.29 is 14.4 Å². The number of hydrogen-bond acceptors (Lipinski definition) is 11. The van der Waals surface area contributed by atoms with E-state index < -0.39 is 24.0 Å². The monoisotopic (exact) mass is 665 g/mol. The molecule has 0 spiro atoms. The van der Waals surface area contributed by atoms with E-state index in [2.05, 4.69) is 20.9 Å². The molecule has 0 fully saturated rings. The van der Waals surface area contributed by atoms with E-state index in [1.807, 2.05) is 67.2 Å². The number of nitrogens with zero attached hydrogens (tertiary/aromatic N) is 4. The molecular weight excluding hydrogens is 635 g/mol. The van der Waals surface area contributed by atoms with Gasteiger partial charge < -0.3 is 16.0 Å². The second-order valence-electron chi connectivity index (χ2n) is 10.8. The number of carbonyl (C=O) groups excluding carboxylic acids is 3. The Morgan fingerprint density at radius 3 is 2.27 bits per heavy atom. The highest BCUT2D eigenvalue weighted by Gasteiger charge is 2.34. The maximum atomic E-state index is 13.8. The van der Waals surface area contributed by atoms with E-state index in [-0.39, 0.29) is 30.2 Å². The molecule has 5 heterocycles. The van der Waals surface area contributed by atoms with Gasteiger partial charge in [0.2, 0.25) is 17.7 Å². The number of hydrogen-bond donors (Lipinski definition) is 3. The first kappa shape index (κ1) is 30.6. The standard InChI is InChI=1S/C30H31N7O3S4/c1-4-15(2)23-26(40)31-16(3)27-34-20(12-41-27)29-36-22(14-43-29)30-35-21(13-44-30)28-33-19(11-42-28)25(39)32-18(24(38)37-23)10-17-8-6-5-7-9-17/h5-9,12-16,18-19,23H,4,10-11H2,1-3H3,(H,31,40)(H,32,39)(H,37,38)/t15-,16+,18+,19-,23-/m0/s1. The van der Waals surface area contributed by atoms with Crippen LogP contribution in [0.3, 0.4) is 0 Å². The maximum absolute atomic E-state index is 13.8. The predicted octanol–water partition coefficient (Wildman–Crippen LogP) is 4.70. The van der Waals surface area contributed by atoms with Crippen LogP contribution in [0.4, 0.5) is 0 Å². The zero-order valence-corrected chi connectivity index (χ0v) is 27.5. The van der Waals surface area contributed by atoms with Gasteiger partial charge in [0.25, 0.3) is 0 Å². The van der Waals surface area contributed by atoms with Crippen molar-refractivity contribution in [1.29, 1.82) is 0 Å². The molecule has 14 heteroatoms. The molecule has 4 aromatic rings. The summed E-state index contributed by atoms with van der Waals surface area (Å²) in [6.07, 6.45) is 0.943. The van der Waals surface area contributed by atoms with Crippen LogP contribution in [0.2, 0.25) is 0 Å². The van der Waals surface area contributed by atoms with E-state index in [1.54, 1.807) is 0 Å². The number of nitrogens with one attached hydrogen (secondary N) is 3. The van der Waals surface area contributed by atoms with Gasteiger partial charge in [-0.1, -0.05) is 50.6 Å². The lowest BCUT2D eigenvalue weighted by Crippen LogP contribution is -2.57. The molecule has 44 heavy (non-hydrogen) atoms. The lowest BCUT2D eigenvalue weighted by Gasteiger charge is -2.28. The summed E-state index contributed by atoms with van der Waals surface area (Å²) in [4.78, 5) is 59.9. The van der Waals surface area contributed by atoms with Crippen molar-refractivity contribution in [2.45, 2.75) is 57.8 Å².